The van der Waals surface area contributed by atoms with Gasteiger partial charge in [-0.25, -0.2) is 4.98 Å². The molecule has 0 saturated heterocycles. The lowest BCUT2D eigenvalue weighted by molar-refractivity contribution is -0.0220. The largest absolute Gasteiger partial charge is 0.371 e. The molecule has 1 aliphatic carbocycles. The predicted molar refractivity (Wildman–Crippen MR) is 76.0 cm³/mol. The Morgan fingerprint density at radius 3 is 2.67 bits per heavy atom. The van der Waals surface area contributed by atoms with Gasteiger partial charge in [-0.2, -0.15) is 0 Å². The van der Waals surface area contributed by atoms with Gasteiger partial charge in [-0.15, -0.1) is 11.3 Å². The Balaban J connectivity index is 2.24. The van der Waals surface area contributed by atoms with E-state index in [1.54, 1.807) is 18.4 Å². The van der Waals surface area contributed by atoms with Gasteiger partial charge in [0.1, 0.15) is 10.6 Å². The molecule has 0 bridgehead atoms. The van der Waals surface area contributed by atoms with Gasteiger partial charge in [-0.1, -0.05) is 20.3 Å². The molecule has 2 unspecified atom stereocenters. The lowest BCUT2D eigenvalue weighted by Gasteiger charge is -2.27. The molecule has 102 valence electrons. The molecule has 2 atom stereocenters. The van der Waals surface area contributed by atoms with Crippen molar-refractivity contribution in [1.82, 2.24) is 4.98 Å². The van der Waals surface area contributed by atoms with E-state index in [-0.39, 0.29) is 5.60 Å². The van der Waals surface area contributed by atoms with Crippen molar-refractivity contribution in [2.45, 2.75) is 63.5 Å². The lowest BCUT2D eigenvalue weighted by Crippen LogP contribution is -2.27. The van der Waals surface area contributed by atoms with Gasteiger partial charge in [0.05, 0.1) is 5.69 Å². The highest BCUT2D eigenvalue weighted by atomic mass is 32.1. The van der Waals surface area contributed by atoms with Gasteiger partial charge in [-0.3, -0.25) is 0 Å². The topological polar surface area (TPSA) is 48.1 Å². The fourth-order valence-corrected chi connectivity index (χ4v) is 4.15. The van der Waals surface area contributed by atoms with Crippen LogP contribution in [0.3, 0.4) is 0 Å². The Labute approximate surface area is 114 Å². The number of hydrogen-bond donors (Lipinski definition) is 1. The smallest absolute Gasteiger partial charge is 0.125 e. The molecule has 1 heterocycles. The number of hydrogen-bond acceptors (Lipinski definition) is 4. The van der Waals surface area contributed by atoms with Crippen LogP contribution in [-0.4, -0.2) is 18.1 Å². The Bertz CT molecular complexity index is 379. The van der Waals surface area contributed by atoms with Crippen LogP contribution in [-0.2, 0) is 10.3 Å². The van der Waals surface area contributed by atoms with Crippen molar-refractivity contribution < 1.29 is 4.74 Å². The van der Waals surface area contributed by atoms with Gasteiger partial charge in [0, 0.05) is 24.4 Å². The van der Waals surface area contributed by atoms with Crippen LogP contribution in [0.25, 0.3) is 0 Å². The summed E-state index contributed by atoms with van der Waals surface area (Å²) >= 11 is 1.73. The summed E-state index contributed by atoms with van der Waals surface area (Å²) in [6.07, 6.45) is 5.47. The number of rotatable bonds is 5. The minimum absolute atomic E-state index is 0.203. The molecule has 0 aliphatic heterocycles. The van der Waals surface area contributed by atoms with E-state index < -0.39 is 0 Å². The molecular formula is C14H24N2OS. The molecule has 3 nitrogen and oxygen atoms in total. The van der Waals surface area contributed by atoms with Crippen molar-refractivity contribution in [3.63, 3.8) is 0 Å². The van der Waals surface area contributed by atoms with Gasteiger partial charge in [0.15, 0.2) is 0 Å². The predicted octanol–water partition coefficient (Wildman–Crippen LogP) is 3.40. The Hall–Kier alpha value is -0.450. The quantitative estimate of drug-likeness (QED) is 0.890. The average Bonchev–Trinajstić information content (AvgIpc) is 3.01. The lowest BCUT2D eigenvalue weighted by atomic mass is 9.97. The molecule has 2 rings (SSSR count). The normalized spacial score (nSPS) is 24.7. The van der Waals surface area contributed by atoms with Gasteiger partial charge >= 0.3 is 0 Å². The van der Waals surface area contributed by atoms with Crippen molar-refractivity contribution in [3.05, 3.63) is 16.1 Å². The zero-order valence-corrected chi connectivity index (χ0v) is 12.4. The highest BCUT2D eigenvalue weighted by Crippen LogP contribution is 2.39. The third-order valence-corrected chi connectivity index (χ3v) is 5.44. The molecule has 0 spiro atoms. The summed E-state index contributed by atoms with van der Waals surface area (Å²) in [4.78, 5) is 4.84. The first-order chi connectivity index (χ1) is 8.66. The van der Waals surface area contributed by atoms with E-state index in [4.69, 9.17) is 15.5 Å². The van der Waals surface area contributed by atoms with Gasteiger partial charge < -0.3 is 10.5 Å². The van der Waals surface area contributed by atoms with Crippen LogP contribution < -0.4 is 5.73 Å². The minimum atomic E-state index is -0.203. The third-order valence-electron chi connectivity index (χ3n) is 4.39. The summed E-state index contributed by atoms with van der Waals surface area (Å²) in [6, 6.07) is 0.292. The highest BCUT2D eigenvalue weighted by Gasteiger charge is 2.34. The maximum atomic E-state index is 6.16. The molecule has 1 fully saturated rings. The molecule has 1 aromatic heterocycles. The molecule has 1 saturated carbocycles. The number of nitrogens with zero attached hydrogens (tertiary/aromatic N) is 1. The Morgan fingerprint density at radius 1 is 1.44 bits per heavy atom. The summed E-state index contributed by atoms with van der Waals surface area (Å²) in [5, 5.41) is 3.30. The fraction of sp³-hybridized carbons (Fsp3) is 0.786. The second-order valence-corrected chi connectivity index (χ2v) is 6.04. The zero-order chi connectivity index (χ0) is 13.2. The fourth-order valence-electron chi connectivity index (χ4n) is 2.95. The third kappa shape index (κ3) is 2.33. The number of aromatic nitrogens is 1. The van der Waals surface area contributed by atoms with Crippen molar-refractivity contribution in [3.8, 4) is 0 Å². The van der Waals surface area contributed by atoms with Crippen LogP contribution in [0, 0.1) is 0 Å². The van der Waals surface area contributed by atoms with Crippen LogP contribution in [0.5, 0.6) is 0 Å². The van der Waals surface area contributed by atoms with Gasteiger partial charge in [0.2, 0.25) is 0 Å². The first-order valence-electron chi connectivity index (χ1n) is 6.93. The standard InChI is InChI=1S/C14H24N2OS/c1-4-14(5-2,17-3)13-16-12(9-18-13)10-7-6-8-11(10)15/h9-11H,4-8,15H2,1-3H3. The van der Waals surface area contributed by atoms with E-state index in [1.165, 1.54) is 18.5 Å². The second-order valence-electron chi connectivity index (χ2n) is 5.18. The van der Waals surface area contributed by atoms with Crippen LogP contribution in [0.2, 0.25) is 0 Å². The molecule has 0 amide bonds. The summed E-state index contributed by atoms with van der Waals surface area (Å²) in [5.74, 6) is 0.457. The van der Waals surface area contributed by atoms with E-state index in [0.717, 1.165) is 24.3 Å². The maximum absolute atomic E-state index is 6.16. The molecule has 1 aromatic rings. The van der Waals surface area contributed by atoms with Crippen molar-refractivity contribution in [2.24, 2.45) is 5.73 Å². The van der Waals surface area contributed by atoms with E-state index in [0.29, 0.717) is 12.0 Å². The minimum Gasteiger partial charge on any atom is -0.371 e. The molecule has 0 radical (unpaired) electrons. The first kappa shape index (κ1) is 14.0. The first-order valence-corrected chi connectivity index (χ1v) is 7.81. The van der Waals surface area contributed by atoms with E-state index in [2.05, 4.69) is 19.2 Å². The van der Waals surface area contributed by atoms with E-state index >= 15 is 0 Å². The van der Waals surface area contributed by atoms with Crippen LogP contribution >= 0.6 is 11.3 Å². The maximum Gasteiger partial charge on any atom is 0.125 e. The van der Waals surface area contributed by atoms with Gasteiger partial charge in [0.25, 0.3) is 0 Å². The van der Waals surface area contributed by atoms with Gasteiger partial charge in [-0.05, 0) is 25.7 Å². The molecule has 4 heteroatoms. The van der Waals surface area contributed by atoms with E-state index in [1.807, 2.05) is 0 Å². The zero-order valence-electron chi connectivity index (χ0n) is 11.6. The molecular weight excluding hydrogens is 244 g/mol. The number of nitrogens with two attached hydrogens (primary N) is 1. The number of thiazole rings is 1. The Kier molecular flexibility index (Phi) is 4.41. The molecule has 0 aromatic carbocycles. The highest BCUT2D eigenvalue weighted by molar-refractivity contribution is 7.09. The van der Waals surface area contributed by atoms with Crippen molar-refractivity contribution >= 4 is 11.3 Å². The summed E-state index contributed by atoms with van der Waals surface area (Å²) in [5.41, 5.74) is 7.14. The average molecular weight is 268 g/mol. The molecule has 1 aliphatic rings. The van der Waals surface area contributed by atoms with Crippen molar-refractivity contribution in [1.29, 1.82) is 0 Å². The van der Waals surface area contributed by atoms with Crippen molar-refractivity contribution in [2.75, 3.05) is 7.11 Å². The molecule has 2 N–H and O–H groups in total. The summed E-state index contributed by atoms with van der Waals surface area (Å²) in [7, 11) is 1.79. The monoisotopic (exact) mass is 268 g/mol. The summed E-state index contributed by atoms with van der Waals surface area (Å²) in [6.45, 7) is 4.32. The summed E-state index contributed by atoms with van der Waals surface area (Å²) < 4.78 is 5.74. The Morgan fingerprint density at radius 2 is 2.17 bits per heavy atom. The van der Waals surface area contributed by atoms with Crippen LogP contribution in [0.1, 0.15) is 62.6 Å². The molecule has 18 heavy (non-hydrogen) atoms. The van der Waals surface area contributed by atoms with Crippen LogP contribution in [0.15, 0.2) is 5.38 Å². The SMILES string of the molecule is CCC(CC)(OC)c1nc(C2CCCC2N)cs1. The second kappa shape index (κ2) is 5.68. The van der Waals surface area contributed by atoms with E-state index in [9.17, 15) is 0 Å². The number of ether oxygens (including phenoxy) is 1. The number of methoxy groups -OCH3 is 1. The van der Waals surface area contributed by atoms with Crippen LogP contribution in [0.4, 0.5) is 0 Å².